The number of hydrogen-bond acceptors (Lipinski definition) is 3. The van der Waals surface area contributed by atoms with E-state index >= 15 is 0 Å². The Hall–Kier alpha value is -2.17. The number of hydrogen-bond donors (Lipinski definition) is 2. The maximum absolute atomic E-state index is 12.5. The highest BCUT2D eigenvalue weighted by Gasteiger charge is 2.28. The molecule has 0 fully saturated rings. The fraction of sp³-hybridized carbons (Fsp3) is 0.350. The Balaban J connectivity index is 0.00000420. The smallest absolute Gasteiger partial charge is 0.422 e. The van der Waals surface area contributed by atoms with Gasteiger partial charge in [0.05, 0.1) is 7.11 Å². The molecule has 0 aliphatic heterocycles. The van der Waals surface area contributed by atoms with Gasteiger partial charge in [0.15, 0.2) is 12.6 Å². The molecule has 0 aliphatic carbocycles. The first-order chi connectivity index (χ1) is 13.3. The van der Waals surface area contributed by atoms with Crippen LogP contribution in [0.25, 0.3) is 0 Å². The van der Waals surface area contributed by atoms with E-state index in [4.69, 9.17) is 9.47 Å². The molecule has 29 heavy (non-hydrogen) atoms. The van der Waals surface area contributed by atoms with Crippen molar-refractivity contribution in [1.82, 2.24) is 10.6 Å². The van der Waals surface area contributed by atoms with Crippen molar-refractivity contribution in [2.45, 2.75) is 26.2 Å². The van der Waals surface area contributed by atoms with Crippen LogP contribution in [0.2, 0.25) is 0 Å². The van der Waals surface area contributed by atoms with Gasteiger partial charge < -0.3 is 20.1 Å². The number of ether oxygens (including phenoxy) is 2. The summed E-state index contributed by atoms with van der Waals surface area (Å²) in [6.45, 7) is 1.21. The number of aliphatic imine (C=N–C) groups is 1. The van der Waals surface area contributed by atoms with Crippen molar-refractivity contribution in [2.24, 2.45) is 4.99 Å². The van der Waals surface area contributed by atoms with Crippen molar-refractivity contribution < 1.29 is 22.6 Å². The van der Waals surface area contributed by atoms with Gasteiger partial charge >= 0.3 is 6.18 Å². The van der Waals surface area contributed by atoms with Gasteiger partial charge in [-0.15, -0.1) is 24.0 Å². The molecule has 9 heteroatoms. The minimum absolute atomic E-state index is 0. The van der Waals surface area contributed by atoms with E-state index in [0.29, 0.717) is 18.1 Å². The van der Waals surface area contributed by atoms with E-state index in [1.807, 2.05) is 30.3 Å². The average molecular weight is 523 g/mol. The second-order valence-electron chi connectivity index (χ2n) is 6.11. The number of rotatable bonds is 7. The molecule has 0 bridgehead atoms. The zero-order valence-corrected chi connectivity index (χ0v) is 18.8. The van der Waals surface area contributed by atoms with Crippen LogP contribution >= 0.6 is 24.0 Å². The fourth-order valence-electron chi connectivity index (χ4n) is 2.53. The Kier molecular flexibility index (Phi) is 10.1. The van der Waals surface area contributed by atoms with E-state index in [0.717, 1.165) is 16.9 Å². The number of guanidine groups is 1. The lowest BCUT2D eigenvalue weighted by Crippen LogP contribution is -2.36. The summed E-state index contributed by atoms with van der Waals surface area (Å²) in [5.74, 6) is 1.46. The molecule has 2 rings (SSSR count). The molecule has 0 saturated carbocycles. The van der Waals surface area contributed by atoms with Gasteiger partial charge in [-0.3, -0.25) is 4.99 Å². The van der Waals surface area contributed by atoms with Crippen molar-refractivity contribution in [2.75, 3.05) is 20.8 Å². The summed E-state index contributed by atoms with van der Waals surface area (Å²) in [7, 11) is 3.22. The molecule has 0 unspecified atom stereocenters. The number of alkyl halides is 3. The predicted octanol–water partition coefficient (Wildman–Crippen LogP) is 4.43. The number of nitrogens with zero attached hydrogens (tertiary/aromatic N) is 1. The molecule has 0 spiro atoms. The largest absolute Gasteiger partial charge is 0.496 e. The summed E-state index contributed by atoms with van der Waals surface area (Å²) >= 11 is 0. The molecule has 0 aliphatic rings. The van der Waals surface area contributed by atoms with Crippen LogP contribution in [0.3, 0.4) is 0 Å². The monoisotopic (exact) mass is 523 g/mol. The van der Waals surface area contributed by atoms with Crippen molar-refractivity contribution in [3.8, 4) is 11.5 Å². The predicted molar refractivity (Wildman–Crippen MR) is 118 cm³/mol. The van der Waals surface area contributed by atoms with Crippen molar-refractivity contribution >= 4 is 29.9 Å². The van der Waals surface area contributed by atoms with Crippen molar-refractivity contribution in [1.29, 1.82) is 0 Å². The van der Waals surface area contributed by atoms with Gasteiger partial charge in [-0.25, -0.2) is 0 Å². The SMILES string of the molecule is CN=C(NCc1ccccc1OC)NCc1ccc(C)cc1OCC(F)(F)F.I. The van der Waals surface area contributed by atoms with Crippen LogP contribution in [-0.2, 0) is 13.1 Å². The molecule has 0 radical (unpaired) electrons. The molecule has 0 amide bonds. The van der Waals surface area contributed by atoms with Gasteiger partial charge in [-0.2, -0.15) is 13.2 Å². The second-order valence-corrected chi connectivity index (χ2v) is 6.11. The minimum Gasteiger partial charge on any atom is -0.496 e. The molecule has 2 N–H and O–H groups in total. The number of para-hydroxylation sites is 1. The molecule has 0 aromatic heterocycles. The fourth-order valence-corrected chi connectivity index (χ4v) is 2.53. The number of halogens is 4. The van der Waals surface area contributed by atoms with Crippen LogP contribution in [-0.4, -0.2) is 32.9 Å². The molecular weight excluding hydrogens is 498 g/mol. The third kappa shape index (κ3) is 8.38. The van der Waals surface area contributed by atoms with Gasteiger partial charge in [0.25, 0.3) is 0 Å². The summed E-state index contributed by atoms with van der Waals surface area (Å²) < 4.78 is 47.7. The Bertz CT molecular complexity index is 814. The summed E-state index contributed by atoms with van der Waals surface area (Å²) in [5.41, 5.74) is 2.38. The van der Waals surface area contributed by atoms with Crippen molar-refractivity contribution in [3.63, 3.8) is 0 Å². The molecule has 2 aromatic rings. The maximum Gasteiger partial charge on any atom is 0.422 e. The number of aryl methyl sites for hydroxylation is 1. The maximum atomic E-state index is 12.5. The van der Waals surface area contributed by atoms with Crippen LogP contribution in [0.5, 0.6) is 11.5 Å². The van der Waals surface area contributed by atoms with E-state index < -0.39 is 12.8 Å². The second kappa shape index (κ2) is 11.7. The summed E-state index contributed by atoms with van der Waals surface area (Å²) in [5, 5.41) is 6.24. The van der Waals surface area contributed by atoms with E-state index in [9.17, 15) is 13.2 Å². The van der Waals surface area contributed by atoms with Crippen LogP contribution in [0.1, 0.15) is 16.7 Å². The normalized spacial score (nSPS) is 11.4. The number of nitrogens with one attached hydrogen (secondary N) is 2. The van der Waals surface area contributed by atoms with E-state index in [2.05, 4.69) is 15.6 Å². The molecule has 0 saturated heterocycles. The summed E-state index contributed by atoms with van der Waals surface area (Å²) in [6.07, 6.45) is -4.39. The van der Waals surface area contributed by atoms with Gasteiger partial charge in [-0.1, -0.05) is 30.3 Å². The first kappa shape index (κ1) is 24.9. The summed E-state index contributed by atoms with van der Waals surface area (Å²) in [4.78, 5) is 4.14. The molecular formula is C20H25F3IN3O2. The zero-order chi connectivity index (χ0) is 20.6. The van der Waals surface area contributed by atoms with Crippen LogP contribution in [0, 0.1) is 6.92 Å². The lowest BCUT2D eigenvalue weighted by atomic mass is 10.1. The zero-order valence-electron chi connectivity index (χ0n) is 16.5. The highest BCUT2D eigenvalue weighted by atomic mass is 127. The molecule has 5 nitrogen and oxygen atoms in total. The van der Waals surface area contributed by atoms with Gasteiger partial charge in [0.1, 0.15) is 11.5 Å². The van der Waals surface area contributed by atoms with Crippen LogP contribution in [0.15, 0.2) is 47.5 Å². The molecule has 0 atom stereocenters. The number of methoxy groups -OCH3 is 1. The topological polar surface area (TPSA) is 54.9 Å². The molecule has 160 valence electrons. The first-order valence-corrected chi connectivity index (χ1v) is 8.68. The quantitative estimate of drug-likeness (QED) is 0.321. The van der Waals surface area contributed by atoms with E-state index in [-0.39, 0.29) is 36.3 Å². The highest BCUT2D eigenvalue weighted by Crippen LogP contribution is 2.23. The van der Waals surface area contributed by atoms with Crippen LogP contribution < -0.4 is 20.1 Å². The average Bonchev–Trinajstić information content (AvgIpc) is 2.67. The Morgan fingerprint density at radius 3 is 2.21 bits per heavy atom. The number of benzene rings is 2. The third-order valence-corrected chi connectivity index (χ3v) is 3.92. The minimum atomic E-state index is -4.39. The van der Waals surface area contributed by atoms with Gasteiger partial charge in [0.2, 0.25) is 0 Å². The van der Waals surface area contributed by atoms with E-state index in [1.54, 1.807) is 33.2 Å². The van der Waals surface area contributed by atoms with Gasteiger partial charge in [0, 0.05) is 31.3 Å². The van der Waals surface area contributed by atoms with Gasteiger partial charge in [-0.05, 0) is 24.6 Å². The molecule has 2 aromatic carbocycles. The Morgan fingerprint density at radius 1 is 1.00 bits per heavy atom. The highest BCUT2D eigenvalue weighted by molar-refractivity contribution is 14.0. The Morgan fingerprint density at radius 2 is 1.62 bits per heavy atom. The van der Waals surface area contributed by atoms with Crippen molar-refractivity contribution in [3.05, 3.63) is 59.2 Å². The summed E-state index contributed by atoms with van der Waals surface area (Å²) in [6, 6.07) is 12.7. The van der Waals surface area contributed by atoms with Crippen LogP contribution in [0.4, 0.5) is 13.2 Å². The standard InChI is InChI=1S/C20H24F3N3O2.HI/c1-14-8-9-16(18(10-14)28-13-20(21,22)23)12-26-19(24-2)25-11-15-6-4-5-7-17(15)27-3;/h4-10H,11-13H2,1-3H3,(H2,24,25,26);1H. The first-order valence-electron chi connectivity index (χ1n) is 8.68. The molecule has 0 heterocycles. The lowest BCUT2D eigenvalue weighted by Gasteiger charge is -2.17. The third-order valence-electron chi connectivity index (χ3n) is 3.92. The Labute approximate surface area is 185 Å². The van der Waals surface area contributed by atoms with E-state index in [1.165, 1.54) is 0 Å². The lowest BCUT2D eigenvalue weighted by molar-refractivity contribution is -0.153.